The first kappa shape index (κ1) is 24.4. The summed E-state index contributed by atoms with van der Waals surface area (Å²) >= 11 is 1.29. The predicted octanol–water partition coefficient (Wildman–Crippen LogP) is 3.82. The van der Waals surface area contributed by atoms with Gasteiger partial charge in [-0.3, -0.25) is 9.79 Å². The van der Waals surface area contributed by atoms with Crippen LogP contribution in [0.5, 0.6) is 5.75 Å². The minimum absolute atomic E-state index is 0.0167. The van der Waals surface area contributed by atoms with Gasteiger partial charge in [0.1, 0.15) is 12.3 Å². The van der Waals surface area contributed by atoms with E-state index in [1.807, 2.05) is 6.92 Å². The molecule has 1 N–H and O–H groups in total. The zero-order chi connectivity index (χ0) is 24.5. The Morgan fingerprint density at radius 3 is 2.59 bits per heavy atom. The van der Waals surface area contributed by atoms with E-state index in [1.165, 1.54) is 23.9 Å². The van der Waals surface area contributed by atoms with Gasteiger partial charge in [0.25, 0.3) is 0 Å². The van der Waals surface area contributed by atoms with Crippen molar-refractivity contribution >= 4 is 44.0 Å². The first-order chi connectivity index (χ1) is 16.0. The molecule has 0 radical (unpaired) electrons. The largest absolute Gasteiger partial charge is 0.494 e. The number of anilines is 2. The van der Waals surface area contributed by atoms with E-state index in [9.17, 15) is 26.4 Å². The summed E-state index contributed by atoms with van der Waals surface area (Å²) in [6, 6.07) is 11.0. The van der Waals surface area contributed by atoms with Gasteiger partial charge in [-0.15, -0.1) is 0 Å². The second-order valence-electron chi connectivity index (χ2n) is 7.85. The molecule has 0 spiro atoms. The van der Waals surface area contributed by atoms with Crippen LogP contribution in [0, 0.1) is 0 Å². The molecule has 0 unspecified atom stereocenters. The van der Waals surface area contributed by atoms with E-state index in [0.717, 1.165) is 12.1 Å². The fourth-order valence-corrected chi connectivity index (χ4v) is 7.53. The van der Waals surface area contributed by atoms with Crippen molar-refractivity contribution in [3.8, 4) is 5.75 Å². The Morgan fingerprint density at radius 2 is 1.94 bits per heavy atom. The molecule has 12 heteroatoms. The molecule has 4 rings (SSSR count). The second-order valence-corrected chi connectivity index (χ2v) is 11.2. The van der Waals surface area contributed by atoms with Gasteiger partial charge in [-0.05, 0) is 49.4 Å². The number of amidine groups is 1. The van der Waals surface area contributed by atoms with Crippen LogP contribution in [0.1, 0.15) is 12.5 Å². The van der Waals surface area contributed by atoms with Crippen LogP contribution in [-0.4, -0.2) is 55.4 Å². The van der Waals surface area contributed by atoms with Crippen LogP contribution in [0.4, 0.5) is 24.5 Å². The van der Waals surface area contributed by atoms with Crippen LogP contribution in [0.15, 0.2) is 53.5 Å². The fraction of sp³-hybridized carbons (Fsp3) is 0.364. The molecule has 2 aromatic carbocycles. The molecule has 2 aromatic rings. The number of halogens is 3. The second kappa shape index (κ2) is 9.49. The van der Waals surface area contributed by atoms with Gasteiger partial charge in [0.15, 0.2) is 15.0 Å². The van der Waals surface area contributed by atoms with Crippen molar-refractivity contribution in [3.05, 3.63) is 54.1 Å². The number of alkyl halides is 3. The van der Waals surface area contributed by atoms with Gasteiger partial charge >= 0.3 is 6.18 Å². The topological polar surface area (TPSA) is 88.1 Å². The van der Waals surface area contributed by atoms with Crippen molar-refractivity contribution in [1.29, 1.82) is 0 Å². The highest BCUT2D eigenvalue weighted by molar-refractivity contribution is 8.15. The summed E-state index contributed by atoms with van der Waals surface area (Å²) in [6.07, 6.45) is -4.53. The van der Waals surface area contributed by atoms with Gasteiger partial charge in [0, 0.05) is 16.6 Å². The number of amides is 1. The summed E-state index contributed by atoms with van der Waals surface area (Å²) in [5.41, 5.74) is -0.217. The smallest absolute Gasteiger partial charge is 0.416 e. The quantitative estimate of drug-likeness (QED) is 0.632. The Hall–Kier alpha value is -2.73. The first-order valence-electron chi connectivity index (χ1n) is 10.5. The van der Waals surface area contributed by atoms with Gasteiger partial charge in [-0.25, -0.2) is 8.42 Å². The molecule has 0 aliphatic carbocycles. The number of sulfone groups is 1. The van der Waals surface area contributed by atoms with Gasteiger partial charge in [-0.2, -0.15) is 13.2 Å². The average Bonchev–Trinajstić information content (AvgIpc) is 3.26. The van der Waals surface area contributed by atoms with E-state index in [1.54, 1.807) is 29.2 Å². The number of hydrogen-bond donors (Lipinski definition) is 1. The molecule has 2 aliphatic heterocycles. The minimum Gasteiger partial charge on any atom is -0.494 e. The van der Waals surface area contributed by atoms with Crippen LogP contribution in [-0.2, 0) is 20.8 Å². The van der Waals surface area contributed by atoms with Crippen molar-refractivity contribution in [2.24, 2.45) is 4.99 Å². The van der Waals surface area contributed by atoms with Gasteiger partial charge in [-0.1, -0.05) is 17.8 Å². The number of rotatable bonds is 6. The number of aliphatic imine (C=N–C) groups is 1. The standard InChI is InChI=1S/C22H22F3N3O4S2/c1-2-32-17-8-6-16(7-9-17)28(21-27-18-12-34(30,31)13-19(18)33-21)11-20(29)26-15-5-3-4-14(10-15)22(23,24)25/h3-10,18-19H,2,11-13H2,1H3,(H,26,29)/t18-,19+/m1/s1. The Kier molecular flexibility index (Phi) is 6.81. The zero-order valence-electron chi connectivity index (χ0n) is 18.1. The molecule has 2 aliphatic rings. The Balaban J connectivity index is 1.56. The summed E-state index contributed by atoms with van der Waals surface area (Å²) < 4.78 is 68.3. The number of thioether (sulfide) groups is 1. The Morgan fingerprint density at radius 1 is 1.21 bits per heavy atom. The molecule has 0 aromatic heterocycles. The number of hydrogen-bond acceptors (Lipinski definition) is 7. The van der Waals surface area contributed by atoms with Crippen LogP contribution < -0.4 is 15.0 Å². The summed E-state index contributed by atoms with van der Waals surface area (Å²) in [5.74, 6) is 0.0784. The van der Waals surface area contributed by atoms with Crippen LogP contribution >= 0.6 is 11.8 Å². The molecule has 34 heavy (non-hydrogen) atoms. The third-order valence-electron chi connectivity index (χ3n) is 5.27. The predicted molar refractivity (Wildman–Crippen MR) is 126 cm³/mol. The third kappa shape index (κ3) is 5.66. The monoisotopic (exact) mass is 513 g/mol. The van der Waals surface area contributed by atoms with Crippen LogP contribution in [0.2, 0.25) is 0 Å². The SMILES string of the molecule is CCOc1ccc(N(CC(=O)Nc2cccc(C(F)(F)F)c2)C2=N[C@@H]3CS(=O)(=O)C[C@@H]3S2)cc1. The van der Waals surface area contributed by atoms with Crippen molar-refractivity contribution in [1.82, 2.24) is 0 Å². The molecule has 0 bridgehead atoms. The maximum Gasteiger partial charge on any atom is 0.416 e. The van der Waals surface area contributed by atoms with Gasteiger partial charge in [0.05, 0.1) is 29.7 Å². The highest BCUT2D eigenvalue weighted by Gasteiger charge is 2.44. The lowest BCUT2D eigenvalue weighted by molar-refractivity contribution is -0.137. The summed E-state index contributed by atoms with van der Waals surface area (Å²) in [6.45, 7) is 2.13. The van der Waals surface area contributed by atoms with Crippen LogP contribution in [0.25, 0.3) is 0 Å². The number of carbonyl (C=O) groups excluding carboxylic acids is 1. The van der Waals surface area contributed by atoms with E-state index < -0.39 is 27.5 Å². The molecule has 1 fully saturated rings. The van der Waals surface area contributed by atoms with Crippen molar-refractivity contribution < 1.29 is 31.1 Å². The number of benzene rings is 2. The third-order valence-corrected chi connectivity index (χ3v) is 8.52. The van der Waals surface area contributed by atoms with Crippen molar-refractivity contribution in [2.75, 3.05) is 34.9 Å². The maximum absolute atomic E-state index is 13.0. The van der Waals surface area contributed by atoms with Crippen LogP contribution in [0.3, 0.4) is 0 Å². The zero-order valence-corrected chi connectivity index (χ0v) is 19.7. The Bertz CT molecular complexity index is 1200. The molecule has 2 heterocycles. The average molecular weight is 514 g/mol. The number of carbonyl (C=O) groups is 1. The molecule has 2 atom stereocenters. The molecule has 1 amide bonds. The van der Waals surface area contributed by atoms with Crippen molar-refractivity contribution in [3.63, 3.8) is 0 Å². The Labute approximate surface area is 199 Å². The lowest BCUT2D eigenvalue weighted by atomic mass is 10.2. The molecule has 7 nitrogen and oxygen atoms in total. The fourth-order valence-electron chi connectivity index (χ4n) is 3.75. The summed E-state index contributed by atoms with van der Waals surface area (Å²) in [7, 11) is -3.15. The molecule has 182 valence electrons. The highest BCUT2D eigenvalue weighted by atomic mass is 32.2. The molecular weight excluding hydrogens is 491 g/mol. The first-order valence-corrected chi connectivity index (χ1v) is 13.2. The summed E-state index contributed by atoms with van der Waals surface area (Å²) in [4.78, 5) is 19.0. The van der Waals surface area contributed by atoms with E-state index in [0.29, 0.717) is 23.2 Å². The number of ether oxygens (including phenoxy) is 1. The maximum atomic E-state index is 13.0. The summed E-state index contributed by atoms with van der Waals surface area (Å²) in [5, 5.41) is 2.78. The molecular formula is C22H22F3N3O4S2. The normalized spacial score (nSPS) is 21.0. The lowest BCUT2D eigenvalue weighted by Crippen LogP contribution is -2.36. The molecule has 0 saturated carbocycles. The van der Waals surface area contributed by atoms with E-state index in [2.05, 4.69) is 10.3 Å². The highest BCUT2D eigenvalue weighted by Crippen LogP contribution is 2.37. The van der Waals surface area contributed by atoms with Gasteiger partial charge < -0.3 is 15.0 Å². The van der Waals surface area contributed by atoms with E-state index in [-0.39, 0.29) is 35.0 Å². The lowest BCUT2D eigenvalue weighted by Gasteiger charge is -2.24. The van der Waals surface area contributed by atoms with E-state index >= 15 is 0 Å². The molecule has 1 saturated heterocycles. The van der Waals surface area contributed by atoms with Crippen molar-refractivity contribution in [2.45, 2.75) is 24.4 Å². The number of nitrogens with zero attached hydrogens (tertiary/aromatic N) is 2. The number of nitrogens with one attached hydrogen (secondary N) is 1. The number of fused-ring (bicyclic) bond motifs is 1. The van der Waals surface area contributed by atoms with E-state index in [4.69, 9.17) is 4.74 Å². The minimum atomic E-state index is -4.53. The van der Waals surface area contributed by atoms with Gasteiger partial charge in [0.2, 0.25) is 5.91 Å².